The van der Waals surface area contributed by atoms with Gasteiger partial charge in [-0.15, -0.1) is 0 Å². The maximum absolute atomic E-state index is 13.5. The van der Waals surface area contributed by atoms with E-state index in [0.717, 1.165) is 42.2 Å². The second-order valence-electron chi connectivity index (χ2n) is 6.48. The summed E-state index contributed by atoms with van der Waals surface area (Å²) in [6.45, 7) is 5.88. The molecule has 1 aliphatic carbocycles. The van der Waals surface area contributed by atoms with Gasteiger partial charge >= 0.3 is 0 Å². The van der Waals surface area contributed by atoms with E-state index in [1.165, 1.54) is 25.0 Å². The fourth-order valence-electron chi connectivity index (χ4n) is 3.66. The number of aromatic nitrogens is 2. The van der Waals surface area contributed by atoms with Gasteiger partial charge < -0.3 is 10.3 Å². The van der Waals surface area contributed by atoms with Crippen molar-refractivity contribution in [2.45, 2.75) is 51.5 Å². The first kappa shape index (κ1) is 14.5. The molecule has 0 atom stereocenters. The van der Waals surface area contributed by atoms with Gasteiger partial charge in [-0.1, -0.05) is 6.92 Å². The van der Waals surface area contributed by atoms with Crippen LogP contribution < -0.4 is 5.73 Å². The van der Waals surface area contributed by atoms with Crippen LogP contribution in [-0.2, 0) is 12.0 Å². The molecule has 1 fully saturated rings. The molecular weight excluding hydrogens is 265 g/mol. The third-order valence-corrected chi connectivity index (χ3v) is 5.12. The van der Waals surface area contributed by atoms with Gasteiger partial charge in [0.25, 0.3) is 0 Å². The van der Waals surface area contributed by atoms with E-state index in [0.29, 0.717) is 6.54 Å². The number of imidazole rings is 1. The lowest BCUT2D eigenvalue weighted by molar-refractivity contribution is 0.232. The van der Waals surface area contributed by atoms with E-state index in [-0.39, 0.29) is 11.2 Å². The van der Waals surface area contributed by atoms with Gasteiger partial charge in [-0.3, -0.25) is 0 Å². The Bertz CT molecular complexity index is 639. The highest BCUT2D eigenvalue weighted by Crippen LogP contribution is 2.41. The molecule has 1 aromatic heterocycles. The van der Waals surface area contributed by atoms with E-state index in [9.17, 15) is 4.39 Å². The Balaban J connectivity index is 2.13. The minimum absolute atomic E-state index is 0.0436. The molecule has 0 saturated heterocycles. The molecular formula is C17H24FN3. The lowest BCUT2D eigenvalue weighted by Gasteiger charge is -2.38. The van der Waals surface area contributed by atoms with Crippen LogP contribution in [0.2, 0.25) is 0 Å². The Morgan fingerprint density at radius 3 is 2.71 bits per heavy atom. The molecule has 0 radical (unpaired) electrons. The molecule has 114 valence electrons. The number of fused-ring (bicyclic) bond motifs is 1. The van der Waals surface area contributed by atoms with Gasteiger partial charge in [0.1, 0.15) is 11.6 Å². The maximum Gasteiger partial charge on any atom is 0.125 e. The second-order valence-corrected chi connectivity index (χ2v) is 6.48. The predicted octanol–water partition coefficient (Wildman–Crippen LogP) is 3.60. The molecule has 0 amide bonds. The normalized spacial score (nSPS) is 26.4. The van der Waals surface area contributed by atoms with Crippen molar-refractivity contribution in [2.24, 2.45) is 11.7 Å². The smallest absolute Gasteiger partial charge is 0.125 e. The summed E-state index contributed by atoms with van der Waals surface area (Å²) < 4.78 is 15.7. The molecule has 1 heterocycles. The fraction of sp³-hybridized carbons (Fsp3) is 0.588. The van der Waals surface area contributed by atoms with Crippen LogP contribution in [0.25, 0.3) is 11.0 Å². The lowest BCUT2D eigenvalue weighted by atomic mass is 9.70. The van der Waals surface area contributed by atoms with Crippen LogP contribution in [0.4, 0.5) is 4.39 Å². The zero-order chi connectivity index (χ0) is 15.0. The van der Waals surface area contributed by atoms with Crippen molar-refractivity contribution >= 4 is 11.0 Å². The average Bonchev–Trinajstić information content (AvgIpc) is 2.86. The van der Waals surface area contributed by atoms with Crippen LogP contribution in [0.15, 0.2) is 18.2 Å². The highest BCUT2D eigenvalue weighted by molar-refractivity contribution is 5.76. The number of benzene rings is 1. The Labute approximate surface area is 125 Å². The minimum atomic E-state index is -0.228. The molecule has 0 bridgehead atoms. The molecule has 21 heavy (non-hydrogen) atoms. The van der Waals surface area contributed by atoms with Crippen LogP contribution in [0.5, 0.6) is 0 Å². The minimum Gasteiger partial charge on any atom is -0.329 e. The van der Waals surface area contributed by atoms with Crippen LogP contribution in [0.1, 0.15) is 45.4 Å². The third kappa shape index (κ3) is 2.35. The van der Waals surface area contributed by atoms with Crippen LogP contribution in [0, 0.1) is 11.7 Å². The SMILES string of the molecule is CCn1c(C2(CN)CCC(C)CC2)nc2cc(F)ccc21. The summed E-state index contributed by atoms with van der Waals surface area (Å²) in [6.07, 6.45) is 4.55. The topological polar surface area (TPSA) is 43.8 Å². The number of hydrogen-bond acceptors (Lipinski definition) is 2. The summed E-state index contributed by atoms with van der Waals surface area (Å²) in [5, 5.41) is 0. The summed E-state index contributed by atoms with van der Waals surface area (Å²) in [5.41, 5.74) is 7.88. The van der Waals surface area contributed by atoms with Gasteiger partial charge in [-0.2, -0.15) is 0 Å². The Morgan fingerprint density at radius 1 is 1.38 bits per heavy atom. The summed E-state index contributed by atoms with van der Waals surface area (Å²) in [7, 11) is 0. The van der Waals surface area contributed by atoms with Crippen molar-refractivity contribution in [3.05, 3.63) is 29.8 Å². The van der Waals surface area contributed by atoms with Crippen LogP contribution >= 0.6 is 0 Å². The summed E-state index contributed by atoms with van der Waals surface area (Å²) in [4.78, 5) is 4.78. The van der Waals surface area contributed by atoms with Gasteiger partial charge in [-0.05, 0) is 50.7 Å². The molecule has 2 N–H and O–H groups in total. The van der Waals surface area contributed by atoms with E-state index in [1.807, 2.05) is 6.07 Å². The lowest BCUT2D eigenvalue weighted by Crippen LogP contribution is -2.41. The van der Waals surface area contributed by atoms with Gasteiger partial charge in [0.05, 0.1) is 11.0 Å². The van der Waals surface area contributed by atoms with Gasteiger partial charge in [-0.25, -0.2) is 9.37 Å². The Kier molecular flexibility index (Phi) is 3.74. The number of aryl methyl sites for hydroxylation is 1. The Hall–Kier alpha value is -1.42. The Morgan fingerprint density at radius 2 is 2.10 bits per heavy atom. The number of nitrogens with zero attached hydrogens (tertiary/aromatic N) is 2. The first-order valence-corrected chi connectivity index (χ1v) is 7.96. The van der Waals surface area contributed by atoms with E-state index >= 15 is 0 Å². The van der Waals surface area contributed by atoms with Gasteiger partial charge in [0.15, 0.2) is 0 Å². The highest BCUT2D eigenvalue weighted by atomic mass is 19.1. The van der Waals surface area contributed by atoms with Crippen molar-refractivity contribution in [1.29, 1.82) is 0 Å². The van der Waals surface area contributed by atoms with Crippen molar-refractivity contribution < 1.29 is 4.39 Å². The summed E-state index contributed by atoms with van der Waals surface area (Å²) >= 11 is 0. The van der Waals surface area contributed by atoms with Gasteiger partial charge in [0.2, 0.25) is 0 Å². The molecule has 3 rings (SSSR count). The molecule has 1 aromatic carbocycles. The van der Waals surface area contributed by atoms with Crippen molar-refractivity contribution in [3.63, 3.8) is 0 Å². The molecule has 0 spiro atoms. The summed E-state index contributed by atoms with van der Waals surface area (Å²) in [5.74, 6) is 1.59. The van der Waals surface area contributed by atoms with Gasteiger partial charge in [0, 0.05) is 24.6 Å². The average molecular weight is 289 g/mol. The largest absolute Gasteiger partial charge is 0.329 e. The fourth-order valence-corrected chi connectivity index (χ4v) is 3.66. The standard InChI is InChI=1S/C17H24FN3/c1-3-21-15-5-4-13(18)10-14(15)20-16(21)17(11-19)8-6-12(2)7-9-17/h4-5,10,12H,3,6-9,11,19H2,1-2H3. The zero-order valence-electron chi connectivity index (χ0n) is 12.9. The molecule has 0 unspecified atom stereocenters. The van der Waals surface area contributed by atoms with Crippen molar-refractivity contribution in [3.8, 4) is 0 Å². The quantitative estimate of drug-likeness (QED) is 0.938. The maximum atomic E-state index is 13.5. The number of nitrogens with two attached hydrogens (primary N) is 1. The molecule has 1 saturated carbocycles. The first-order valence-electron chi connectivity index (χ1n) is 7.96. The molecule has 0 aliphatic heterocycles. The summed E-state index contributed by atoms with van der Waals surface area (Å²) in [6, 6.07) is 4.87. The van der Waals surface area contributed by atoms with Crippen molar-refractivity contribution in [1.82, 2.24) is 9.55 Å². The second kappa shape index (κ2) is 5.41. The molecule has 2 aromatic rings. The molecule has 3 nitrogen and oxygen atoms in total. The van der Waals surface area contributed by atoms with Crippen LogP contribution in [-0.4, -0.2) is 16.1 Å². The predicted molar refractivity (Wildman–Crippen MR) is 83.7 cm³/mol. The van der Waals surface area contributed by atoms with Crippen LogP contribution in [0.3, 0.4) is 0 Å². The number of halogens is 1. The third-order valence-electron chi connectivity index (χ3n) is 5.12. The van der Waals surface area contributed by atoms with E-state index in [4.69, 9.17) is 10.7 Å². The zero-order valence-corrected chi connectivity index (χ0v) is 12.9. The number of rotatable bonds is 3. The van der Waals surface area contributed by atoms with E-state index in [1.54, 1.807) is 0 Å². The van der Waals surface area contributed by atoms with E-state index in [2.05, 4.69) is 18.4 Å². The van der Waals surface area contributed by atoms with Crippen molar-refractivity contribution in [2.75, 3.05) is 6.54 Å². The van der Waals surface area contributed by atoms with E-state index < -0.39 is 0 Å². The molecule has 4 heteroatoms. The molecule has 1 aliphatic rings. The highest BCUT2D eigenvalue weighted by Gasteiger charge is 2.38. The number of hydrogen-bond donors (Lipinski definition) is 1. The monoisotopic (exact) mass is 289 g/mol. The first-order chi connectivity index (χ1) is 10.1.